The van der Waals surface area contributed by atoms with Gasteiger partial charge in [-0.3, -0.25) is 9.36 Å². The molecule has 1 N–H and O–H groups in total. The molecule has 0 spiro atoms. The van der Waals surface area contributed by atoms with Gasteiger partial charge in [0.15, 0.2) is 0 Å². The Balaban J connectivity index is 2.63. The zero-order chi connectivity index (χ0) is 12.3. The summed E-state index contributed by atoms with van der Waals surface area (Å²) in [7, 11) is 0. The van der Waals surface area contributed by atoms with Crippen LogP contribution in [0.1, 0.15) is 13.3 Å². The number of aromatic hydroxyl groups is 1. The lowest BCUT2D eigenvalue weighted by Crippen LogP contribution is -2.21. The van der Waals surface area contributed by atoms with E-state index in [9.17, 15) is 9.90 Å². The van der Waals surface area contributed by atoms with Gasteiger partial charge in [-0.05, 0) is 6.42 Å². The summed E-state index contributed by atoms with van der Waals surface area (Å²) in [5, 5.41) is 9.42. The van der Waals surface area contributed by atoms with E-state index in [0.29, 0.717) is 12.4 Å². The van der Waals surface area contributed by atoms with Gasteiger partial charge in [0, 0.05) is 12.1 Å². The molecule has 0 aliphatic rings. The highest BCUT2D eigenvalue weighted by Gasteiger charge is 2.09. The van der Waals surface area contributed by atoms with Crippen molar-refractivity contribution in [2.75, 3.05) is 0 Å². The van der Waals surface area contributed by atoms with Gasteiger partial charge in [-0.1, -0.05) is 37.3 Å². The van der Waals surface area contributed by atoms with Crippen LogP contribution in [0.4, 0.5) is 0 Å². The first-order chi connectivity index (χ1) is 8.22. The molecule has 0 fully saturated rings. The number of hydrogen-bond donors (Lipinski definition) is 1. The topological polar surface area (TPSA) is 55.1 Å². The second kappa shape index (κ2) is 4.82. The summed E-state index contributed by atoms with van der Waals surface area (Å²) in [6.45, 7) is 2.59. The summed E-state index contributed by atoms with van der Waals surface area (Å²) in [5.74, 6) is 0.277. The Morgan fingerprint density at radius 3 is 2.65 bits per heavy atom. The minimum atomic E-state index is -0.235. The average Bonchev–Trinajstić information content (AvgIpc) is 2.33. The van der Waals surface area contributed by atoms with Crippen LogP contribution in [-0.4, -0.2) is 14.7 Å². The number of benzene rings is 1. The van der Waals surface area contributed by atoms with Gasteiger partial charge in [0.1, 0.15) is 5.82 Å². The zero-order valence-corrected chi connectivity index (χ0v) is 9.63. The molecule has 2 aromatic rings. The van der Waals surface area contributed by atoms with Gasteiger partial charge >= 0.3 is 0 Å². The minimum Gasteiger partial charge on any atom is -0.493 e. The molecule has 88 valence electrons. The first kappa shape index (κ1) is 11.4. The fourth-order valence-electron chi connectivity index (χ4n) is 1.74. The average molecular weight is 230 g/mol. The van der Waals surface area contributed by atoms with E-state index in [1.165, 1.54) is 0 Å². The maximum absolute atomic E-state index is 11.8. The van der Waals surface area contributed by atoms with Crippen LogP contribution >= 0.6 is 0 Å². The van der Waals surface area contributed by atoms with Crippen LogP contribution in [0.2, 0.25) is 0 Å². The van der Waals surface area contributed by atoms with Crippen molar-refractivity contribution in [1.29, 1.82) is 0 Å². The summed E-state index contributed by atoms with van der Waals surface area (Å²) in [4.78, 5) is 15.8. The van der Waals surface area contributed by atoms with E-state index in [1.807, 2.05) is 37.3 Å². The van der Waals surface area contributed by atoms with E-state index < -0.39 is 0 Å². The molecule has 1 aromatic heterocycles. The van der Waals surface area contributed by atoms with Crippen molar-refractivity contribution in [3.8, 4) is 17.3 Å². The number of nitrogens with zero attached hydrogens (tertiary/aromatic N) is 2. The van der Waals surface area contributed by atoms with E-state index in [2.05, 4.69) is 4.98 Å². The molecular formula is C13H14N2O2. The summed E-state index contributed by atoms with van der Waals surface area (Å²) >= 11 is 0. The highest BCUT2D eigenvalue weighted by atomic mass is 16.3. The van der Waals surface area contributed by atoms with Crippen molar-refractivity contribution in [3.05, 3.63) is 46.8 Å². The first-order valence-electron chi connectivity index (χ1n) is 5.58. The molecule has 0 saturated carbocycles. The summed E-state index contributed by atoms with van der Waals surface area (Å²) in [5.41, 5.74) is 0.604. The molecule has 4 nitrogen and oxygen atoms in total. The van der Waals surface area contributed by atoms with Crippen LogP contribution in [0.15, 0.2) is 41.2 Å². The Hall–Kier alpha value is -2.10. The van der Waals surface area contributed by atoms with Crippen molar-refractivity contribution >= 4 is 0 Å². The SMILES string of the molecule is CCCn1c(-c2ccccc2)nc(O)cc1=O. The monoisotopic (exact) mass is 230 g/mol. The zero-order valence-electron chi connectivity index (χ0n) is 9.63. The van der Waals surface area contributed by atoms with Gasteiger partial charge in [0.25, 0.3) is 5.56 Å². The van der Waals surface area contributed by atoms with Gasteiger partial charge in [0.05, 0.1) is 6.07 Å². The molecule has 0 saturated heterocycles. The highest BCUT2D eigenvalue weighted by Crippen LogP contribution is 2.17. The lowest BCUT2D eigenvalue weighted by Gasteiger charge is -2.10. The number of rotatable bonds is 3. The predicted octanol–water partition coefficient (Wildman–Crippen LogP) is 2.03. The van der Waals surface area contributed by atoms with Crippen molar-refractivity contribution < 1.29 is 5.11 Å². The summed E-state index contributed by atoms with van der Waals surface area (Å²) in [6, 6.07) is 10.5. The maximum atomic E-state index is 11.8. The molecule has 0 aliphatic heterocycles. The van der Waals surface area contributed by atoms with Crippen LogP contribution in [0.3, 0.4) is 0 Å². The molecule has 17 heavy (non-hydrogen) atoms. The molecular weight excluding hydrogens is 216 g/mol. The normalized spacial score (nSPS) is 10.4. The second-order valence-corrected chi connectivity index (χ2v) is 3.79. The fraction of sp³-hybridized carbons (Fsp3) is 0.231. The van der Waals surface area contributed by atoms with E-state index in [1.54, 1.807) is 4.57 Å². The molecule has 0 unspecified atom stereocenters. The van der Waals surface area contributed by atoms with Crippen molar-refractivity contribution in [1.82, 2.24) is 9.55 Å². The molecule has 0 amide bonds. The Morgan fingerprint density at radius 2 is 2.00 bits per heavy atom. The van der Waals surface area contributed by atoms with E-state index in [0.717, 1.165) is 18.1 Å². The van der Waals surface area contributed by atoms with E-state index in [-0.39, 0.29) is 11.4 Å². The predicted molar refractivity (Wildman–Crippen MR) is 65.9 cm³/mol. The Morgan fingerprint density at radius 1 is 1.29 bits per heavy atom. The second-order valence-electron chi connectivity index (χ2n) is 3.79. The third-order valence-corrected chi connectivity index (χ3v) is 2.47. The van der Waals surface area contributed by atoms with Gasteiger partial charge in [0.2, 0.25) is 5.88 Å². The van der Waals surface area contributed by atoms with Crippen LogP contribution in [0, 0.1) is 0 Å². The molecule has 0 aliphatic carbocycles. The quantitative estimate of drug-likeness (QED) is 0.877. The third kappa shape index (κ3) is 2.36. The van der Waals surface area contributed by atoms with Crippen molar-refractivity contribution in [3.63, 3.8) is 0 Å². The van der Waals surface area contributed by atoms with E-state index in [4.69, 9.17) is 0 Å². The Bertz CT molecular complexity index is 561. The highest BCUT2D eigenvalue weighted by molar-refractivity contribution is 5.55. The number of hydrogen-bond acceptors (Lipinski definition) is 3. The van der Waals surface area contributed by atoms with Crippen LogP contribution in [-0.2, 0) is 6.54 Å². The van der Waals surface area contributed by atoms with Crippen LogP contribution in [0.25, 0.3) is 11.4 Å². The largest absolute Gasteiger partial charge is 0.493 e. The first-order valence-corrected chi connectivity index (χ1v) is 5.58. The van der Waals surface area contributed by atoms with Gasteiger partial charge < -0.3 is 5.11 Å². The molecule has 0 atom stereocenters. The summed E-state index contributed by atoms with van der Waals surface area (Å²) < 4.78 is 1.58. The Kier molecular flexibility index (Phi) is 3.23. The molecule has 0 radical (unpaired) electrons. The van der Waals surface area contributed by atoms with Crippen molar-refractivity contribution in [2.24, 2.45) is 0 Å². The molecule has 1 aromatic carbocycles. The standard InChI is InChI=1S/C13H14N2O2/c1-2-8-15-12(17)9-11(16)14-13(15)10-6-4-3-5-7-10/h3-7,9,16H,2,8H2,1H3. The van der Waals surface area contributed by atoms with Gasteiger partial charge in [-0.2, -0.15) is 4.98 Å². The third-order valence-electron chi connectivity index (χ3n) is 2.47. The molecule has 0 bridgehead atoms. The maximum Gasteiger partial charge on any atom is 0.257 e. The Labute approximate surface area is 99.2 Å². The van der Waals surface area contributed by atoms with Crippen LogP contribution in [0.5, 0.6) is 5.88 Å². The van der Waals surface area contributed by atoms with Crippen molar-refractivity contribution in [2.45, 2.75) is 19.9 Å². The van der Waals surface area contributed by atoms with Gasteiger partial charge in [-0.25, -0.2) is 0 Å². The minimum absolute atomic E-state index is 0.224. The smallest absolute Gasteiger partial charge is 0.257 e. The van der Waals surface area contributed by atoms with Gasteiger partial charge in [-0.15, -0.1) is 0 Å². The lowest BCUT2D eigenvalue weighted by molar-refractivity contribution is 0.447. The van der Waals surface area contributed by atoms with E-state index >= 15 is 0 Å². The molecule has 4 heteroatoms. The number of aromatic nitrogens is 2. The molecule has 2 rings (SSSR count). The lowest BCUT2D eigenvalue weighted by atomic mass is 10.2. The summed E-state index contributed by atoms with van der Waals surface area (Å²) in [6.07, 6.45) is 0.839. The fourth-order valence-corrected chi connectivity index (χ4v) is 1.74. The van der Waals surface area contributed by atoms with Crippen LogP contribution < -0.4 is 5.56 Å². The molecule has 1 heterocycles.